The van der Waals surface area contributed by atoms with Gasteiger partial charge in [-0.2, -0.15) is 0 Å². The molecule has 1 rings (SSSR count). The summed E-state index contributed by atoms with van der Waals surface area (Å²) in [5.41, 5.74) is 6.62. The van der Waals surface area contributed by atoms with Crippen molar-refractivity contribution in [3.8, 4) is 0 Å². The monoisotopic (exact) mass is 275 g/mol. The lowest BCUT2D eigenvalue weighted by Gasteiger charge is -2.29. The van der Waals surface area contributed by atoms with Crippen LogP contribution >= 0.6 is 11.6 Å². The Bertz CT molecular complexity index is 427. The van der Waals surface area contributed by atoms with Gasteiger partial charge in [0.15, 0.2) is 11.6 Å². The Balaban J connectivity index is 2.91. The highest BCUT2D eigenvalue weighted by atomic mass is 35.5. The Labute approximate surface area is 112 Å². The van der Waals surface area contributed by atoms with E-state index in [1.54, 1.807) is 0 Å². The number of rotatable bonds is 3. The maximum absolute atomic E-state index is 13.2. The molecule has 1 aromatic rings. The highest BCUT2D eigenvalue weighted by Gasteiger charge is 2.24. The molecule has 2 N–H and O–H groups in total. The molecule has 1 aromatic carbocycles. The van der Waals surface area contributed by atoms with Gasteiger partial charge in [0.2, 0.25) is 0 Å². The van der Waals surface area contributed by atoms with Crippen LogP contribution in [-0.2, 0) is 0 Å². The minimum Gasteiger partial charge on any atom is -0.324 e. The molecule has 18 heavy (non-hydrogen) atoms. The van der Waals surface area contributed by atoms with E-state index in [1.807, 2.05) is 0 Å². The summed E-state index contributed by atoms with van der Waals surface area (Å²) in [5.74, 6) is -1.51. The van der Waals surface area contributed by atoms with Crippen LogP contribution in [0.2, 0.25) is 5.02 Å². The molecule has 0 spiro atoms. The van der Waals surface area contributed by atoms with Gasteiger partial charge in [-0.3, -0.25) is 0 Å². The van der Waals surface area contributed by atoms with E-state index in [-0.39, 0.29) is 16.5 Å². The molecular weight excluding hydrogens is 256 g/mol. The molecule has 0 saturated heterocycles. The topological polar surface area (TPSA) is 26.0 Å². The first kappa shape index (κ1) is 15.4. The maximum Gasteiger partial charge on any atom is 0.160 e. The van der Waals surface area contributed by atoms with E-state index in [0.717, 1.165) is 12.1 Å². The molecule has 0 amide bonds. The van der Waals surface area contributed by atoms with E-state index in [9.17, 15) is 8.78 Å². The van der Waals surface area contributed by atoms with Gasteiger partial charge in [-0.05, 0) is 35.4 Å². The van der Waals surface area contributed by atoms with Gasteiger partial charge in [-0.1, -0.05) is 39.3 Å². The SMILES string of the molecule is CC(CC(N)c1cc(F)c(F)cc1Cl)C(C)(C)C. The fourth-order valence-corrected chi connectivity index (χ4v) is 1.97. The van der Waals surface area contributed by atoms with Crippen molar-refractivity contribution in [3.63, 3.8) is 0 Å². The average molecular weight is 276 g/mol. The molecule has 2 unspecified atom stereocenters. The summed E-state index contributed by atoms with van der Waals surface area (Å²) in [4.78, 5) is 0. The number of hydrogen-bond acceptors (Lipinski definition) is 1. The molecule has 0 bridgehead atoms. The van der Waals surface area contributed by atoms with E-state index < -0.39 is 11.6 Å². The Morgan fingerprint density at radius 3 is 2.22 bits per heavy atom. The zero-order valence-corrected chi connectivity index (χ0v) is 12.0. The van der Waals surface area contributed by atoms with Crippen LogP contribution in [0.25, 0.3) is 0 Å². The quantitative estimate of drug-likeness (QED) is 0.796. The van der Waals surface area contributed by atoms with Crippen LogP contribution in [0.15, 0.2) is 12.1 Å². The molecule has 4 heteroatoms. The van der Waals surface area contributed by atoms with Gasteiger partial charge >= 0.3 is 0 Å². The van der Waals surface area contributed by atoms with E-state index >= 15 is 0 Å². The second-order valence-electron chi connectivity index (χ2n) is 5.90. The zero-order valence-electron chi connectivity index (χ0n) is 11.2. The van der Waals surface area contributed by atoms with Crippen LogP contribution in [0.3, 0.4) is 0 Å². The smallest absolute Gasteiger partial charge is 0.160 e. The van der Waals surface area contributed by atoms with Crippen molar-refractivity contribution >= 4 is 11.6 Å². The van der Waals surface area contributed by atoms with Gasteiger partial charge in [0, 0.05) is 11.1 Å². The highest BCUT2D eigenvalue weighted by molar-refractivity contribution is 6.31. The molecular formula is C14H20ClF2N. The van der Waals surface area contributed by atoms with Crippen LogP contribution < -0.4 is 5.73 Å². The van der Waals surface area contributed by atoms with Gasteiger partial charge in [-0.15, -0.1) is 0 Å². The van der Waals surface area contributed by atoms with Gasteiger partial charge < -0.3 is 5.73 Å². The average Bonchev–Trinajstić information content (AvgIpc) is 2.21. The third-order valence-corrected chi connectivity index (χ3v) is 3.85. The Kier molecular flexibility index (Phi) is 4.73. The normalized spacial score (nSPS) is 15.6. The molecule has 0 saturated carbocycles. The summed E-state index contributed by atoms with van der Waals surface area (Å²) in [5, 5.41) is 0.183. The van der Waals surface area contributed by atoms with E-state index in [4.69, 9.17) is 17.3 Å². The number of hydrogen-bond donors (Lipinski definition) is 1. The lowest BCUT2D eigenvalue weighted by atomic mass is 9.78. The summed E-state index contributed by atoms with van der Waals surface area (Å²) in [6, 6.07) is 1.69. The number of halogens is 3. The Hall–Kier alpha value is -0.670. The summed E-state index contributed by atoms with van der Waals surface area (Å²) in [7, 11) is 0. The van der Waals surface area contributed by atoms with Crippen LogP contribution in [0.5, 0.6) is 0 Å². The minimum absolute atomic E-state index is 0.114. The molecule has 0 aromatic heterocycles. The summed E-state index contributed by atoms with van der Waals surface area (Å²) in [6.45, 7) is 8.46. The Morgan fingerprint density at radius 2 is 1.72 bits per heavy atom. The van der Waals surface area contributed by atoms with Crippen LogP contribution in [0.1, 0.15) is 45.7 Å². The Morgan fingerprint density at radius 1 is 1.22 bits per heavy atom. The van der Waals surface area contributed by atoms with Crippen LogP contribution in [0.4, 0.5) is 8.78 Å². The van der Waals surface area contributed by atoms with Gasteiger partial charge in [0.1, 0.15) is 0 Å². The lowest BCUT2D eigenvalue weighted by Crippen LogP contribution is -2.23. The van der Waals surface area contributed by atoms with Gasteiger partial charge in [0.25, 0.3) is 0 Å². The maximum atomic E-state index is 13.2. The lowest BCUT2D eigenvalue weighted by molar-refractivity contribution is 0.233. The molecule has 0 aliphatic rings. The fraction of sp³-hybridized carbons (Fsp3) is 0.571. The number of benzene rings is 1. The molecule has 102 valence electrons. The van der Waals surface area contributed by atoms with Crippen molar-refractivity contribution in [2.45, 2.75) is 40.2 Å². The van der Waals surface area contributed by atoms with E-state index in [0.29, 0.717) is 17.9 Å². The first-order chi connectivity index (χ1) is 8.12. The third kappa shape index (κ3) is 3.66. The minimum atomic E-state index is -0.945. The molecule has 1 nitrogen and oxygen atoms in total. The summed E-state index contributed by atoms with van der Waals surface area (Å²) >= 11 is 5.91. The van der Waals surface area contributed by atoms with Gasteiger partial charge in [-0.25, -0.2) is 8.78 Å². The van der Waals surface area contributed by atoms with E-state index in [1.165, 1.54) is 0 Å². The summed E-state index contributed by atoms with van der Waals surface area (Å²) < 4.78 is 26.2. The molecule has 2 atom stereocenters. The zero-order chi connectivity index (χ0) is 14.1. The summed E-state index contributed by atoms with van der Waals surface area (Å²) in [6.07, 6.45) is 0.675. The number of nitrogens with two attached hydrogens (primary N) is 1. The third-order valence-electron chi connectivity index (χ3n) is 3.52. The largest absolute Gasteiger partial charge is 0.324 e. The molecule has 0 heterocycles. The van der Waals surface area contributed by atoms with E-state index in [2.05, 4.69) is 27.7 Å². The first-order valence-electron chi connectivity index (χ1n) is 6.03. The molecule has 0 aliphatic heterocycles. The van der Waals surface area contributed by atoms with Crippen molar-refractivity contribution in [1.82, 2.24) is 0 Å². The second-order valence-corrected chi connectivity index (χ2v) is 6.30. The predicted molar refractivity (Wildman–Crippen MR) is 71.5 cm³/mol. The molecule has 0 radical (unpaired) electrons. The standard InChI is InChI=1S/C14H20ClF2N/c1-8(14(2,3)4)5-13(18)9-6-11(16)12(17)7-10(9)15/h6-8,13H,5,18H2,1-4H3. The van der Waals surface area contributed by atoms with Crippen molar-refractivity contribution < 1.29 is 8.78 Å². The second kappa shape index (κ2) is 5.54. The van der Waals surface area contributed by atoms with Gasteiger partial charge in [0.05, 0.1) is 0 Å². The predicted octanol–water partition coefficient (Wildman–Crippen LogP) is 4.69. The van der Waals surface area contributed by atoms with Crippen LogP contribution in [0, 0.1) is 23.0 Å². The van der Waals surface area contributed by atoms with Crippen LogP contribution in [-0.4, -0.2) is 0 Å². The molecule has 0 fully saturated rings. The fourth-order valence-electron chi connectivity index (χ4n) is 1.68. The van der Waals surface area contributed by atoms with Crippen molar-refractivity contribution in [3.05, 3.63) is 34.4 Å². The molecule has 0 aliphatic carbocycles. The highest BCUT2D eigenvalue weighted by Crippen LogP contribution is 2.34. The first-order valence-corrected chi connectivity index (χ1v) is 6.40. The van der Waals surface area contributed by atoms with Crippen molar-refractivity contribution in [2.75, 3.05) is 0 Å². The van der Waals surface area contributed by atoms with Crippen molar-refractivity contribution in [1.29, 1.82) is 0 Å². The van der Waals surface area contributed by atoms with Crippen molar-refractivity contribution in [2.24, 2.45) is 17.1 Å².